The number of nitrogens with one attached hydrogen (secondary N) is 1. The van der Waals surface area contributed by atoms with Gasteiger partial charge in [0.2, 0.25) is 0 Å². The molecule has 1 aliphatic heterocycles. The van der Waals surface area contributed by atoms with Crippen molar-refractivity contribution in [3.63, 3.8) is 0 Å². The molecule has 1 saturated heterocycles. The van der Waals surface area contributed by atoms with Crippen LogP contribution in [0.3, 0.4) is 0 Å². The Labute approximate surface area is 153 Å². The van der Waals surface area contributed by atoms with Gasteiger partial charge in [-0.1, -0.05) is 35.3 Å². The first-order valence-electron chi connectivity index (χ1n) is 7.25. The van der Waals surface area contributed by atoms with E-state index >= 15 is 0 Å². The summed E-state index contributed by atoms with van der Waals surface area (Å²) >= 11 is 11.8. The van der Waals surface area contributed by atoms with E-state index in [-0.39, 0.29) is 15.7 Å². The van der Waals surface area contributed by atoms with Crippen molar-refractivity contribution in [1.29, 1.82) is 0 Å². The number of hydrogen-bond acceptors (Lipinski definition) is 3. The van der Waals surface area contributed by atoms with Crippen molar-refractivity contribution in [2.45, 2.75) is 5.54 Å². The molecule has 1 atom stereocenters. The third-order valence-corrected chi connectivity index (χ3v) is 4.78. The topological polar surface area (TPSA) is 58.6 Å². The molecular weight excluding hydrogens is 370 g/mol. The number of imide groups is 1. The highest BCUT2D eigenvalue weighted by atomic mass is 35.5. The Hall–Kier alpha value is -2.31. The molecule has 8 heteroatoms. The molecule has 0 saturated carbocycles. The number of halogens is 3. The molecule has 0 aliphatic carbocycles. The number of rotatable bonds is 4. The number of amides is 3. The zero-order valence-electron chi connectivity index (χ0n) is 13.1. The van der Waals surface area contributed by atoms with Crippen LogP contribution in [-0.2, 0) is 10.3 Å². The quantitative estimate of drug-likeness (QED) is 0.815. The van der Waals surface area contributed by atoms with Crippen molar-refractivity contribution in [2.24, 2.45) is 0 Å². The van der Waals surface area contributed by atoms with Crippen LogP contribution in [0.2, 0.25) is 10.0 Å². The van der Waals surface area contributed by atoms with Crippen LogP contribution in [0, 0.1) is 0 Å². The van der Waals surface area contributed by atoms with Crippen molar-refractivity contribution in [3.8, 4) is 5.75 Å². The van der Waals surface area contributed by atoms with Gasteiger partial charge in [-0.05, 0) is 35.9 Å². The summed E-state index contributed by atoms with van der Waals surface area (Å²) in [6, 6.07) is 9.82. The van der Waals surface area contributed by atoms with Crippen molar-refractivity contribution in [1.82, 2.24) is 5.32 Å². The summed E-state index contributed by atoms with van der Waals surface area (Å²) in [4.78, 5) is 26.1. The molecule has 3 amide bonds. The van der Waals surface area contributed by atoms with Crippen LogP contribution >= 0.6 is 23.2 Å². The summed E-state index contributed by atoms with van der Waals surface area (Å²) in [6.07, 6.45) is 0. The monoisotopic (exact) mass is 382 g/mol. The van der Waals surface area contributed by atoms with E-state index in [0.717, 1.165) is 4.90 Å². The zero-order valence-corrected chi connectivity index (χ0v) is 14.6. The summed E-state index contributed by atoms with van der Waals surface area (Å²) in [6.45, 7) is -1.10. The van der Waals surface area contributed by atoms with Crippen LogP contribution < -0.4 is 15.0 Å². The molecule has 0 spiro atoms. The lowest BCUT2D eigenvalue weighted by molar-refractivity contribution is -0.123. The molecule has 2 aromatic rings. The Morgan fingerprint density at radius 1 is 1.12 bits per heavy atom. The van der Waals surface area contributed by atoms with Gasteiger partial charge in [0.15, 0.2) is 5.54 Å². The van der Waals surface area contributed by atoms with E-state index in [4.69, 9.17) is 27.9 Å². The van der Waals surface area contributed by atoms with E-state index in [1.165, 1.54) is 37.4 Å². The Bertz CT molecular complexity index is 844. The van der Waals surface area contributed by atoms with Crippen LogP contribution in [-0.4, -0.2) is 25.7 Å². The number of urea groups is 1. The summed E-state index contributed by atoms with van der Waals surface area (Å²) in [7, 11) is 1.49. The average molecular weight is 383 g/mol. The van der Waals surface area contributed by atoms with Crippen LogP contribution in [0.4, 0.5) is 14.9 Å². The van der Waals surface area contributed by atoms with Gasteiger partial charge in [-0.25, -0.2) is 14.1 Å². The number of benzene rings is 2. The maximum absolute atomic E-state index is 13.9. The summed E-state index contributed by atoms with van der Waals surface area (Å²) in [5.74, 6) is -0.181. The predicted molar refractivity (Wildman–Crippen MR) is 93.1 cm³/mol. The molecule has 1 fully saturated rings. The molecule has 1 aliphatic rings. The number of nitrogens with zero attached hydrogens (tertiary/aromatic N) is 1. The fraction of sp³-hybridized carbons (Fsp3) is 0.176. The Morgan fingerprint density at radius 2 is 1.80 bits per heavy atom. The third-order valence-electron chi connectivity index (χ3n) is 4.04. The van der Waals surface area contributed by atoms with Gasteiger partial charge >= 0.3 is 6.03 Å². The highest BCUT2D eigenvalue weighted by Crippen LogP contribution is 2.35. The SMILES string of the molecule is COc1ccc(C2(CF)NC(=O)N(c3ccc(Cl)c(Cl)c3)C2=O)cc1. The van der Waals surface area contributed by atoms with Gasteiger partial charge in [0.05, 0.1) is 22.8 Å². The largest absolute Gasteiger partial charge is 0.497 e. The average Bonchev–Trinajstić information content (AvgIpc) is 2.88. The van der Waals surface area contributed by atoms with Crippen molar-refractivity contribution in [2.75, 3.05) is 18.7 Å². The van der Waals surface area contributed by atoms with Crippen molar-refractivity contribution in [3.05, 3.63) is 58.1 Å². The van der Waals surface area contributed by atoms with Crippen LogP contribution in [0.15, 0.2) is 42.5 Å². The highest BCUT2D eigenvalue weighted by Gasteiger charge is 2.53. The van der Waals surface area contributed by atoms with Crippen LogP contribution in [0.1, 0.15) is 5.56 Å². The zero-order chi connectivity index (χ0) is 18.2. The molecule has 25 heavy (non-hydrogen) atoms. The van der Waals surface area contributed by atoms with Gasteiger partial charge in [-0.2, -0.15) is 0 Å². The second kappa shape index (κ2) is 6.54. The lowest BCUT2D eigenvalue weighted by atomic mass is 9.91. The van der Waals surface area contributed by atoms with Crippen molar-refractivity contribution >= 4 is 40.8 Å². The van der Waals surface area contributed by atoms with Gasteiger partial charge in [-0.3, -0.25) is 4.79 Å². The molecule has 2 aromatic carbocycles. The number of methoxy groups -OCH3 is 1. The molecule has 130 valence electrons. The minimum atomic E-state index is -1.80. The van der Waals surface area contributed by atoms with Crippen LogP contribution in [0.25, 0.3) is 0 Å². The second-order valence-corrected chi connectivity index (χ2v) is 6.25. The van der Waals surface area contributed by atoms with E-state index in [0.29, 0.717) is 11.3 Å². The number of carbonyl (C=O) groups excluding carboxylic acids is 2. The fourth-order valence-corrected chi connectivity index (χ4v) is 2.96. The molecular formula is C17H13Cl2FN2O3. The summed E-state index contributed by atoms with van der Waals surface area (Å²) in [5, 5.41) is 2.91. The Kier molecular flexibility index (Phi) is 4.58. The predicted octanol–water partition coefficient (Wildman–Crippen LogP) is 3.92. The summed E-state index contributed by atoms with van der Waals surface area (Å²) < 4.78 is 19.0. The molecule has 3 rings (SSSR count). The minimum absolute atomic E-state index is 0.182. The molecule has 0 bridgehead atoms. The molecule has 1 heterocycles. The number of ether oxygens (including phenoxy) is 1. The third kappa shape index (κ3) is 2.81. The lowest BCUT2D eigenvalue weighted by Crippen LogP contribution is -2.46. The smallest absolute Gasteiger partial charge is 0.330 e. The first-order chi connectivity index (χ1) is 11.9. The van der Waals surface area contributed by atoms with Gasteiger partial charge in [0.25, 0.3) is 5.91 Å². The molecule has 1 N–H and O–H groups in total. The van der Waals surface area contributed by atoms with E-state index < -0.39 is 24.2 Å². The maximum atomic E-state index is 13.9. The first-order valence-corrected chi connectivity index (χ1v) is 8.01. The number of anilines is 1. The Morgan fingerprint density at radius 3 is 2.36 bits per heavy atom. The van der Waals surface area contributed by atoms with E-state index in [2.05, 4.69) is 5.32 Å². The van der Waals surface area contributed by atoms with Gasteiger partial charge in [0.1, 0.15) is 12.4 Å². The standard InChI is InChI=1S/C17H13Cl2FN2O3/c1-25-12-5-2-10(3-6-12)17(9-20)15(23)22(16(24)21-17)11-4-7-13(18)14(19)8-11/h2-8H,9H2,1H3,(H,21,24). The normalized spacial score (nSPS) is 19.9. The summed E-state index contributed by atoms with van der Waals surface area (Å²) in [5.41, 5.74) is -1.27. The molecule has 5 nitrogen and oxygen atoms in total. The number of carbonyl (C=O) groups is 2. The molecule has 0 radical (unpaired) electrons. The minimum Gasteiger partial charge on any atom is -0.497 e. The van der Waals surface area contributed by atoms with Crippen molar-refractivity contribution < 1.29 is 18.7 Å². The van der Waals surface area contributed by atoms with Crippen LogP contribution in [0.5, 0.6) is 5.75 Å². The Balaban J connectivity index is 2.03. The number of hydrogen-bond donors (Lipinski definition) is 1. The van der Waals surface area contributed by atoms with E-state index in [1.54, 1.807) is 12.1 Å². The highest BCUT2D eigenvalue weighted by molar-refractivity contribution is 6.42. The molecule has 1 unspecified atom stereocenters. The van der Waals surface area contributed by atoms with Gasteiger partial charge < -0.3 is 10.1 Å². The maximum Gasteiger partial charge on any atom is 0.330 e. The number of alkyl halides is 1. The van der Waals surface area contributed by atoms with Gasteiger partial charge in [0, 0.05) is 0 Å². The van der Waals surface area contributed by atoms with E-state index in [1.807, 2.05) is 0 Å². The second-order valence-electron chi connectivity index (χ2n) is 5.44. The fourth-order valence-electron chi connectivity index (χ4n) is 2.67. The van der Waals surface area contributed by atoms with E-state index in [9.17, 15) is 14.0 Å². The molecule has 0 aromatic heterocycles. The van der Waals surface area contributed by atoms with Gasteiger partial charge in [-0.15, -0.1) is 0 Å². The lowest BCUT2D eigenvalue weighted by Gasteiger charge is -2.24. The first kappa shape index (κ1) is 17.5.